The fourth-order valence-electron chi connectivity index (χ4n) is 0. The second-order valence-corrected chi connectivity index (χ2v) is 1.06. The van der Waals surface area contributed by atoms with Crippen molar-refractivity contribution in [2.45, 2.75) is 20.3 Å². The van der Waals surface area contributed by atoms with Crippen molar-refractivity contribution in [3.05, 3.63) is 0 Å². The van der Waals surface area contributed by atoms with E-state index in [4.69, 9.17) is 0 Å². The van der Waals surface area contributed by atoms with Gasteiger partial charge in [0.1, 0.15) is 0 Å². The SMILES string of the molecule is C1OO1.CCC. The molecule has 38 valence electrons. The van der Waals surface area contributed by atoms with Gasteiger partial charge in [-0.3, -0.25) is 0 Å². The van der Waals surface area contributed by atoms with E-state index in [2.05, 4.69) is 23.6 Å². The Morgan fingerprint density at radius 2 is 1.50 bits per heavy atom. The summed E-state index contributed by atoms with van der Waals surface area (Å²) < 4.78 is 0. The van der Waals surface area contributed by atoms with Gasteiger partial charge < -0.3 is 0 Å². The summed E-state index contributed by atoms with van der Waals surface area (Å²) in [5.41, 5.74) is 0. The standard InChI is InChI=1S/C3H8.CH2O2/c1-3-2;1-2-3-1/h3H2,1-2H3;1H2. The van der Waals surface area contributed by atoms with E-state index in [0.29, 0.717) is 6.79 Å². The number of hydrogen-bond acceptors (Lipinski definition) is 2. The number of hydrogen-bond donors (Lipinski definition) is 0. The summed E-state index contributed by atoms with van der Waals surface area (Å²) in [5, 5.41) is 0. The summed E-state index contributed by atoms with van der Waals surface area (Å²) in [6, 6.07) is 0. The van der Waals surface area contributed by atoms with Gasteiger partial charge in [-0.25, -0.2) is 9.78 Å². The summed E-state index contributed by atoms with van der Waals surface area (Å²) in [6.45, 7) is 4.75. The molecular weight excluding hydrogens is 80.0 g/mol. The molecule has 0 N–H and O–H groups in total. The smallest absolute Gasteiger partial charge is 0.202 e. The van der Waals surface area contributed by atoms with Gasteiger partial charge in [-0.2, -0.15) is 0 Å². The molecule has 0 atom stereocenters. The van der Waals surface area contributed by atoms with Crippen molar-refractivity contribution in [3.8, 4) is 0 Å². The molecule has 0 aliphatic carbocycles. The van der Waals surface area contributed by atoms with Gasteiger partial charge in [-0.05, 0) is 0 Å². The number of rotatable bonds is 0. The predicted octanol–water partition coefficient (Wildman–Crippen LogP) is 1.32. The Morgan fingerprint density at radius 1 is 1.33 bits per heavy atom. The first kappa shape index (κ1) is 5.92. The first-order valence-electron chi connectivity index (χ1n) is 2.16. The molecule has 2 nitrogen and oxygen atoms in total. The van der Waals surface area contributed by atoms with Crippen LogP contribution in [0.15, 0.2) is 0 Å². The van der Waals surface area contributed by atoms with Gasteiger partial charge in [0, 0.05) is 0 Å². The zero-order valence-electron chi connectivity index (χ0n) is 4.23. The van der Waals surface area contributed by atoms with E-state index in [1.54, 1.807) is 0 Å². The van der Waals surface area contributed by atoms with Crippen LogP contribution in [-0.2, 0) is 9.78 Å². The highest BCUT2D eigenvalue weighted by Crippen LogP contribution is 1.89. The zero-order valence-corrected chi connectivity index (χ0v) is 4.23. The molecule has 0 aromatic rings. The second kappa shape index (κ2) is 4.92. The van der Waals surface area contributed by atoms with Crippen LogP contribution in [0.2, 0.25) is 0 Å². The molecule has 1 aliphatic rings. The minimum absolute atomic E-state index is 0.500. The maximum Gasteiger partial charge on any atom is 0.214 e. The van der Waals surface area contributed by atoms with Crippen molar-refractivity contribution in [2.75, 3.05) is 6.79 Å². The van der Waals surface area contributed by atoms with E-state index < -0.39 is 0 Å². The quantitative estimate of drug-likeness (QED) is 0.331. The minimum atomic E-state index is 0.500. The summed E-state index contributed by atoms with van der Waals surface area (Å²) in [6.07, 6.45) is 1.25. The molecule has 0 aromatic heterocycles. The van der Waals surface area contributed by atoms with E-state index in [9.17, 15) is 0 Å². The highest BCUT2D eigenvalue weighted by molar-refractivity contribution is 3.92. The van der Waals surface area contributed by atoms with Crippen LogP contribution >= 0.6 is 0 Å². The second-order valence-electron chi connectivity index (χ2n) is 1.06. The molecule has 0 radical (unpaired) electrons. The van der Waals surface area contributed by atoms with Crippen LogP contribution in [-0.4, -0.2) is 6.79 Å². The van der Waals surface area contributed by atoms with E-state index in [1.807, 2.05) is 0 Å². The average molecular weight is 90.1 g/mol. The van der Waals surface area contributed by atoms with Crippen LogP contribution in [0.25, 0.3) is 0 Å². The maximum absolute atomic E-state index is 4.00. The van der Waals surface area contributed by atoms with Gasteiger partial charge in [0.25, 0.3) is 0 Å². The van der Waals surface area contributed by atoms with Gasteiger partial charge >= 0.3 is 0 Å². The molecule has 0 aromatic carbocycles. The van der Waals surface area contributed by atoms with Crippen molar-refractivity contribution < 1.29 is 9.78 Å². The molecule has 1 fully saturated rings. The Hall–Kier alpha value is -0.0800. The first-order chi connectivity index (χ1) is 2.91. The Bertz CT molecular complexity index is 16.8. The fourth-order valence-corrected chi connectivity index (χ4v) is 0. The van der Waals surface area contributed by atoms with Crippen molar-refractivity contribution >= 4 is 0 Å². The normalized spacial score (nSPS) is 15.0. The molecule has 2 heteroatoms. The van der Waals surface area contributed by atoms with E-state index >= 15 is 0 Å². The van der Waals surface area contributed by atoms with Crippen molar-refractivity contribution in [1.82, 2.24) is 0 Å². The van der Waals surface area contributed by atoms with Gasteiger partial charge in [0.05, 0.1) is 0 Å². The molecule has 0 bridgehead atoms. The summed E-state index contributed by atoms with van der Waals surface area (Å²) in [5.74, 6) is 0. The molecule has 0 amide bonds. The van der Waals surface area contributed by atoms with Gasteiger partial charge in [-0.15, -0.1) is 0 Å². The third-order valence-corrected chi connectivity index (χ3v) is 0.118. The molecule has 0 spiro atoms. The monoisotopic (exact) mass is 90.1 g/mol. The topological polar surface area (TPSA) is 25.1 Å². The van der Waals surface area contributed by atoms with E-state index in [-0.39, 0.29) is 0 Å². The lowest BCUT2D eigenvalue weighted by Gasteiger charge is -1.48. The lowest BCUT2D eigenvalue weighted by atomic mass is 10.6. The predicted molar refractivity (Wildman–Crippen MR) is 23.0 cm³/mol. The van der Waals surface area contributed by atoms with E-state index in [0.717, 1.165) is 0 Å². The lowest BCUT2D eigenvalue weighted by Crippen LogP contribution is -1.27. The molecule has 1 aliphatic heterocycles. The van der Waals surface area contributed by atoms with Crippen LogP contribution in [0.4, 0.5) is 0 Å². The molecule has 6 heavy (non-hydrogen) atoms. The van der Waals surface area contributed by atoms with Gasteiger partial charge in [0.2, 0.25) is 6.79 Å². The van der Waals surface area contributed by atoms with Crippen LogP contribution < -0.4 is 0 Å². The fraction of sp³-hybridized carbons (Fsp3) is 1.00. The van der Waals surface area contributed by atoms with Gasteiger partial charge in [-0.1, -0.05) is 20.3 Å². The average Bonchev–Trinajstić information content (AvgIpc) is 2.11. The van der Waals surface area contributed by atoms with Crippen LogP contribution in [0.1, 0.15) is 20.3 Å². The molecule has 1 saturated heterocycles. The molecule has 1 heterocycles. The van der Waals surface area contributed by atoms with Gasteiger partial charge in [0.15, 0.2) is 0 Å². The highest BCUT2D eigenvalue weighted by Gasteiger charge is 1.95. The third kappa shape index (κ3) is 39.5. The third-order valence-electron chi connectivity index (χ3n) is 0.118. The molecular formula is C4H10O2. The maximum atomic E-state index is 4.00. The molecule has 1 rings (SSSR count). The summed E-state index contributed by atoms with van der Waals surface area (Å²) >= 11 is 0. The van der Waals surface area contributed by atoms with Crippen LogP contribution in [0, 0.1) is 0 Å². The Kier molecular flexibility index (Phi) is 4.85. The molecule has 0 saturated carbocycles. The van der Waals surface area contributed by atoms with Crippen LogP contribution in [0.5, 0.6) is 0 Å². The van der Waals surface area contributed by atoms with E-state index in [1.165, 1.54) is 6.42 Å². The minimum Gasteiger partial charge on any atom is -0.202 e. The zero-order chi connectivity index (χ0) is 4.83. The molecule has 0 unspecified atom stereocenters. The van der Waals surface area contributed by atoms with Crippen LogP contribution in [0.3, 0.4) is 0 Å². The first-order valence-corrected chi connectivity index (χ1v) is 2.16. The Labute approximate surface area is 38.0 Å². The summed E-state index contributed by atoms with van der Waals surface area (Å²) in [4.78, 5) is 8.00. The van der Waals surface area contributed by atoms with Crippen molar-refractivity contribution in [2.24, 2.45) is 0 Å². The summed E-state index contributed by atoms with van der Waals surface area (Å²) in [7, 11) is 0. The Morgan fingerprint density at radius 3 is 1.50 bits per heavy atom. The highest BCUT2D eigenvalue weighted by atomic mass is 17.4. The lowest BCUT2D eigenvalue weighted by molar-refractivity contribution is 0.0850. The van der Waals surface area contributed by atoms with Crippen molar-refractivity contribution in [1.29, 1.82) is 0 Å². The largest absolute Gasteiger partial charge is 0.214 e. The Balaban J connectivity index is 0.0000000833. The van der Waals surface area contributed by atoms with Crippen molar-refractivity contribution in [3.63, 3.8) is 0 Å².